The molecule has 0 fully saturated rings. The summed E-state index contributed by atoms with van der Waals surface area (Å²) in [5.74, 6) is 1.41. The number of amides is 1. The molecule has 1 atom stereocenters. The van der Waals surface area contributed by atoms with E-state index in [0.29, 0.717) is 45.5 Å². The van der Waals surface area contributed by atoms with Crippen molar-refractivity contribution in [2.24, 2.45) is 5.73 Å². The number of carbonyl (C=O) groups excluding carboxylic acids is 1. The molecule has 0 aliphatic rings. The molecule has 0 saturated carbocycles. The van der Waals surface area contributed by atoms with Gasteiger partial charge >= 0.3 is 0 Å². The lowest BCUT2D eigenvalue weighted by Crippen LogP contribution is -2.26. The molecule has 10 nitrogen and oxygen atoms in total. The zero-order chi connectivity index (χ0) is 23.3. The van der Waals surface area contributed by atoms with Crippen LogP contribution in [0.25, 0.3) is 22.4 Å². The number of nitrogens with one attached hydrogen (secondary N) is 1. The van der Waals surface area contributed by atoms with Crippen LogP contribution in [0.5, 0.6) is 23.0 Å². The number of anilines is 1. The topological polar surface area (TPSA) is 138 Å². The molecule has 170 valence electrons. The van der Waals surface area contributed by atoms with Crippen LogP contribution in [0.15, 0.2) is 41.1 Å². The predicted octanol–water partition coefficient (Wildman–Crippen LogP) is 2.65. The van der Waals surface area contributed by atoms with Crippen molar-refractivity contribution in [3.05, 3.63) is 36.6 Å². The van der Waals surface area contributed by atoms with E-state index in [1.54, 1.807) is 30.3 Å². The van der Waals surface area contributed by atoms with Crippen LogP contribution >= 0.6 is 0 Å². The summed E-state index contributed by atoms with van der Waals surface area (Å²) in [6, 6.07) is 8.74. The molecule has 32 heavy (non-hydrogen) atoms. The largest absolute Gasteiger partial charge is 0.495 e. The quantitative estimate of drug-likeness (QED) is 0.426. The van der Waals surface area contributed by atoms with E-state index in [1.807, 2.05) is 0 Å². The number of nitrogens with two attached hydrogens (primary N) is 1. The first-order valence-electron chi connectivity index (χ1n) is 9.58. The van der Waals surface area contributed by atoms with Gasteiger partial charge in [-0.15, -0.1) is 0 Å². The number of rotatable bonds is 9. The van der Waals surface area contributed by atoms with Gasteiger partial charge in [0.15, 0.2) is 11.5 Å². The average molecular weight is 443 g/mol. The van der Waals surface area contributed by atoms with Crippen molar-refractivity contribution in [2.45, 2.75) is 12.6 Å². The minimum absolute atomic E-state index is 0.256. The number of aliphatic hydroxyl groups is 1. The van der Waals surface area contributed by atoms with Crippen LogP contribution in [0, 0.1) is 0 Å². The Morgan fingerprint density at radius 3 is 2.25 bits per heavy atom. The van der Waals surface area contributed by atoms with Crippen LogP contribution in [0.4, 0.5) is 5.69 Å². The van der Waals surface area contributed by atoms with Gasteiger partial charge in [0.1, 0.15) is 23.9 Å². The maximum absolute atomic E-state index is 12.1. The zero-order valence-electron chi connectivity index (χ0n) is 18.2. The lowest BCUT2D eigenvalue weighted by atomic mass is 10.0. The number of methoxy groups -OCH3 is 4. The van der Waals surface area contributed by atoms with Crippen molar-refractivity contribution in [2.75, 3.05) is 33.8 Å². The lowest BCUT2D eigenvalue weighted by molar-refractivity contribution is -0.117. The summed E-state index contributed by atoms with van der Waals surface area (Å²) in [7, 11) is 6.08. The number of aliphatic hydroxyl groups excluding tert-OH is 1. The van der Waals surface area contributed by atoms with Gasteiger partial charge in [-0.25, -0.2) is 0 Å². The van der Waals surface area contributed by atoms with Gasteiger partial charge in [0.2, 0.25) is 11.7 Å². The lowest BCUT2D eigenvalue weighted by Gasteiger charge is -2.14. The third-order valence-electron chi connectivity index (χ3n) is 4.69. The highest BCUT2D eigenvalue weighted by atomic mass is 16.5. The van der Waals surface area contributed by atoms with E-state index in [0.717, 1.165) is 5.56 Å². The number of carbonyl (C=O) groups is 1. The molecule has 1 unspecified atom stereocenters. The number of nitrogens with zero attached hydrogens (tertiary/aromatic N) is 1. The van der Waals surface area contributed by atoms with E-state index >= 15 is 0 Å². The van der Waals surface area contributed by atoms with Crippen molar-refractivity contribution < 1.29 is 33.4 Å². The Labute approximate surface area is 184 Å². The van der Waals surface area contributed by atoms with Crippen LogP contribution in [0.1, 0.15) is 6.42 Å². The average Bonchev–Trinajstić information content (AvgIpc) is 3.27. The molecule has 0 spiro atoms. The molecule has 0 saturated heterocycles. The Balaban J connectivity index is 2.05. The second-order valence-corrected chi connectivity index (χ2v) is 6.73. The second-order valence-electron chi connectivity index (χ2n) is 6.73. The molecule has 1 aromatic heterocycles. The summed E-state index contributed by atoms with van der Waals surface area (Å²) in [5.41, 5.74) is 8.27. The van der Waals surface area contributed by atoms with E-state index in [2.05, 4.69) is 10.5 Å². The van der Waals surface area contributed by atoms with Gasteiger partial charge < -0.3 is 39.6 Å². The van der Waals surface area contributed by atoms with Crippen molar-refractivity contribution in [1.82, 2.24) is 5.16 Å². The molecule has 1 amide bonds. The maximum Gasteiger partial charge on any atom is 0.228 e. The first-order valence-corrected chi connectivity index (χ1v) is 9.58. The summed E-state index contributed by atoms with van der Waals surface area (Å²) < 4.78 is 26.8. The summed E-state index contributed by atoms with van der Waals surface area (Å²) in [6.07, 6.45) is -0.0107. The van der Waals surface area contributed by atoms with Gasteiger partial charge in [-0.05, 0) is 35.9 Å². The fourth-order valence-electron chi connectivity index (χ4n) is 3.23. The third kappa shape index (κ3) is 4.76. The standard InChI is InChI=1S/C22H25N3O7/c1-28-16-6-5-12(7-15(16)24-20(27)10-19(23)26)21-14(11-32-25-21)13-8-17(29-2)22(31-4)18(9-13)30-3/h5-9,11,19,26H,10,23H2,1-4H3,(H,24,27). The number of hydrogen-bond acceptors (Lipinski definition) is 9. The summed E-state index contributed by atoms with van der Waals surface area (Å²) >= 11 is 0. The first kappa shape index (κ1) is 22.9. The SMILES string of the molecule is COc1ccc(-c2nocc2-c2cc(OC)c(OC)c(OC)c2)cc1NC(=O)CC(N)O. The van der Waals surface area contributed by atoms with E-state index in [4.69, 9.17) is 29.2 Å². The van der Waals surface area contributed by atoms with Crippen LogP contribution < -0.4 is 30.0 Å². The Hall–Kier alpha value is -3.76. The van der Waals surface area contributed by atoms with Gasteiger partial charge in [0.05, 0.1) is 40.5 Å². The highest BCUT2D eigenvalue weighted by Gasteiger charge is 2.20. The fraction of sp³-hybridized carbons (Fsp3) is 0.273. The van der Waals surface area contributed by atoms with Gasteiger partial charge in [0.25, 0.3) is 0 Å². The van der Waals surface area contributed by atoms with Gasteiger partial charge in [-0.2, -0.15) is 0 Å². The molecule has 0 aliphatic carbocycles. The minimum Gasteiger partial charge on any atom is -0.495 e. The third-order valence-corrected chi connectivity index (χ3v) is 4.69. The number of benzene rings is 2. The number of aromatic nitrogens is 1. The molecule has 1 heterocycles. The molecule has 3 aromatic rings. The monoisotopic (exact) mass is 443 g/mol. The van der Waals surface area contributed by atoms with Crippen molar-refractivity contribution in [3.63, 3.8) is 0 Å². The molecule has 10 heteroatoms. The molecule has 3 rings (SSSR count). The fourth-order valence-corrected chi connectivity index (χ4v) is 3.23. The summed E-state index contributed by atoms with van der Waals surface area (Å²) in [4.78, 5) is 12.1. The molecule has 4 N–H and O–H groups in total. The van der Waals surface area contributed by atoms with Crippen LogP contribution in [-0.4, -0.2) is 50.8 Å². The van der Waals surface area contributed by atoms with Crippen molar-refractivity contribution in [1.29, 1.82) is 0 Å². The molecular weight excluding hydrogens is 418 g/mol. The molecule has 0 bridgehead atoms. The van der Waals surface area contributed by atoms with E-state index < -0.39 is 12.1 Å². The molecule has 0 aliphatic heterocycles. The van der Waals surface area contributed by atoms with Gasteiger partial charge in [-0.3, -0.25) is 4.79 Å². The predicted molar refractivity (Wildman–Crippen MR) is 117 cm³/mol. The van der Waals surface area contributed by atoms with Crippen molar-refractivity contribution >= 4 is 11.6 Å². The Kier molecular flexibility index (Phi) is 7.18. The van der Waals surface area contributed by atoms with E-state index in [1.165, 1.54) is 34.7 Å². The molecular formula is C22H25N3O7. The Morgan fingerprint density at radius 2 is 1.69 bits per heavy atom. The van der Waals surface area contributed by atoms with E-state index in [-0.39, 0.29) is 6.42 Å². The number of hydrogen-bond donors (Lipinski definition) is 3. The normalized spacial score (nSPS) is 11.6. The van der Waals surface area contributed by atoms with Crippen molar-refractivity contribution in [3.8, 4) is 45.4 Å². The molecule has 2 aromatic carbocycles. The summed E-state index contributed by atoms with van der Waals surface area (Å²) in [6.45, 7) is 0. The maximum atomic E-state index is 12.1. The molecule has 0 radical (unpaired) electrons. The Morgan fingerprint density at radius 1 is 1.03 bits per heavy atom. The van der Waals surface area contributed by atoms with Crippen LogP contribution in [0.2, 0.25) is 0 Å². The highest BCUT2D eigenvalue weighted by molar-refractivity contribution is 5.94. The smallest absolute Gasteiger partial charge is 0.228 e. The zero-order valence-corrected chi connectivity index (χ0v) is 18.2. The van der Waals surface area contributed by atoms with Crippen LogP contribution in [-0.2, 0) is 4.79 Å². The van der Waals surface area contributed by atoms with E-state index in [9.17, 15) is 9.90 Å². The van der Waals surface area contributed by atoms with Gasteiger partial charge in [0, 0.05) is 11.1 Å². The first-order chi connectivity index (χ1) is 15.4. The summed E-state index contributed by atoms with van der Waals surface area (Å²) in [5, 5.41) is 16.1. The van der Waals surface area contributed by atoms with Crippen LogP contribution in [0.3, 0.4) is 0 Å². The number of ether oxygens (including phenoxy) is 4. The minimum atomic E-state index is -1.26. The van der Waals surface area contributed by atoms with Gasteiger partial charge in [-0.1, -0.05) is 5.16 Å². The Bertz CT molecular complexity index is 1070. The second kappa shape index (κ2) is 10.0. The highest BCUT2D eigenvalue weighted by Crippen LogP contribution is 2.43.